The zero-order valence-corrected chi connectivity index (χ0v) is 19.9. The third kappa shape index (κ3) is 5.19. The SMILES string of the molecule is CCOc1cc(C=O)cc(C(O)C(O)CCNC(=O)OCC2c3ccccc3-c3ccccc32)c1O. The van der Waals surface area contributed by atoms with E-state index >= 15 is 0 Å². The Bertz CT molecular complexity index is 1200. The third-order valence-electron chi connectivity index (χ3n) is 6.30. The molecule has 3 aromatic rings. The fourth-order valence-corrected chi connectivity index (χ4v) is 4.55. The van der Waals surface area contributed by atoms with Crippen LogP contribution >= 0.6 is 0 Å². The zero-order chi connectivity index (χ0) is 25.7. The maximum Gasteiger partial charge on any atom is 0.407 e. The molecule has 0 saturated heterocycles. The van der Waals surface area contributed by atoms with Crippen molar-refractivity contribution in [1.82, 2.24) is 5.32 Å². The van der Waals surface area contributed by atoms with Gasteiger partial charge in [0.1, 0.15) is 19.0 Å². The molecule has 1 aliphatic rings. The highest BCUT2D eigenvalue weighted by molar-refractivity contribution is 5.79. The van der Waals surface area contributed by atoms with Crippen molar-refractivity contribution in [2.45, 2.75) is 31.5 Å². The molecule has 188 valence electrons. The largest absolute Gasteiger partial charge is 0.504 e. The number of hydrogen-bond acceptors (Lipinski definition) is 7. The number of benzene rings is 3. The van der Waals surface area contributed by atoms with Crippen molar-refractivity contribution in [1.29, 1.82) is 0 Å². The Morgan fingerprint density at radius 3 is 2.31 bits per heavy atom. The summed E-state index contributed by atoms with van der Waals surface area (Å²) in [5.74, 6) is -0.373. The van der Waals surface area contributed by atoms with Gasteiger partial charge in [0, 0.05) is 23.6 Å². The minimum absolute atomic E-state index is 0.0138. The Morgan fingerprint density at radius 1 is 1.06 bits per heavy atom. The van der Waals surface area contributed by atoms with Crippen LogP contribution in [0.5, 0.6) is 11.5 Å². The molecule has 0 radical (unpaired) electrons. The van der Waals surface area contributed by atoms with Gasteiger partial charge in [-0.05, 0) is 47.7 Å². The number of aromatic hydroxyl groups is 1. The first kappa shape index (κ1) is 25.2. The van der Waals surface area contributed by atoms with Crippen molar-refractivity contribution in [2.24, 2.45) is 0 Å². The van der Waals surface area contributed by atoms with Crippen LogP contribution in [-0.4, -0.2) is 53.6 Å². The monoisotopic (exact) mass is 491 g/mol. The summed E-state index contributed by atoms with van der Waals surface area (Å²) >= 11 is 0. The third-order valence-corrected chi connectivity index (χ3v) is 6.30. The Balaban J connectivity index is 1.32. The molecule has 0 heterocycles. The van der Waals surface area contributed by atoms with Crippen LogP contribution in [0.4, 0.5) is 4.79 Å². The summed E-state index contributed by atoms with van der Waals surface area (Å²) < 4.78 is 10.8. The molecular weight excluding hydrogens is 462 g/mol. The number of carbonyl (C=O) groups is 2. The second-order valence-electron chi connectivity index (χ2n) is 8.56. The number of aliphatic hydroxyl groups excluding tert-OH is 2. The lowest BCUT2D eigenvalue weighted by Crippen LogP contribution is -2.30. The normalized spacial score (nSPS) is 13.9. The van der Waals surface area contributed by atoms with Gasteiger partial charge in [-0.15, -0.1) is 0 Å². The van der Waals surface area contributed by atoms with Crippen LogP contribution < -0.4 is 10.1 Å². The van der Waals surface area contributed by atoms with Gasteiger partial charge in [0.15, 0.2) is 11.5 Å². The lowest BCUT2D eigenvalue weighted by Gasteiger charge is -2.21. The highest BCUT2D eigenvalue weighted by Crippen LogP contribution is 2.44. The molecule has 0 spiro atoms. The average molecular weight is 492 g/mol. The summed E-state index contributed by atoms with van der Waals surface area (Å²) in [4.78, 5) is 23.5. The van der Waals surface area contributed by atoms with Crippen molar-refractivity contribution in [3.8, 4) is 22.6 Å². The molecule has 8 nitrogen and oxygen atoms in total. The van der Waals surface area contributed by atoms with E-state index in [-0.39, 0.29) is 54.7 Å². The van der Waals surface area contributed by atoms with Gasteiger partial charge in [-0.25, -0.2) is 4.79 Å². The number of aliphatic hydroxyl groups is 2. The van der Waals surface area contributed by atoms with E-state index in [4.69, 9.17) is 9.47 Å². The number of phenols is 1. The fraction of sp³-hybridized carbons (Fsp3) is 0.286. The number of phenolic OH excluding ortho intramolecular Hbond substituents is 1. The number of amides is 1. The molecule has 1 aliphatic carbocycles. The van der Waals surface area contributed by atoms with E-state index in [9.17, 15) is 24.9 Å². The van der Waals surface area contributed by atoms with Gasteiger partial charge < -0.3 is 30.1 Å². The maximum atomic E-state index is 12.3. The van der Waals surface area contributed by atoms with Gasteiger partial charge in [0.05, 0.1) is 12.7 Å². The number of nitrogens with one attached hydrogen (secondary N) is 1. The highest BCUT2D eigenvalue weighted by atomic mass is 16.5. The number of carbonyl (C=O) groups excluding carboxylic acids is 2. The molecule has 4 N–H and O–H groups in total. The summed E-state index contributed by atoms with van der Waals surface area (Å²) in [7, 11) is 0. The summed E-state index contributed by atoms with van der Waals surface area (Å²) in [6, 6.07) is 18.7. The number of rotatable bonds is 10. The van der Waals surface area contributed by atoms with Crippen LogP contribution in [0.3, 0.4) is 0 Å². The lowest BCUT2D eigenvalue weighted by atomic mass is 9.98. The summed E-state index contributed by atoms with van der Waals surface area (Å²) in [6.07, 6.45) is -2.90. The predicted octanol–water partition coefficient (Wildman–Crippen LogP) is 3.93. The highest BCUT2D eigenvalue weighted by Gasteiger charge is 2.29. The van der Waals surface area contributed by atoms with E-state index in [1.807, 2.05) is 36.4 Å². The van der Waals surface area contributed by atoms with Crippen LogP contribution in [0.25, 0.3) is 11.1 Å². The number of ether oxygens (including phenoxy) is 2. The molecule has 0 aromatic heterocycles. The van der Waals surface area contributed by atoms with Crippen molar-refractivity contribution in [2.75, 3.05) is 19.8 Å². The Hall–Kier alpha value is -3.88. The average Bonchev–Trinajstić information content (AvgIpc) is 3.22. The number of alkyl carbamates (subject to hydrolysis) is 1. The van der Waals surface area contributed by atoms with Crippen molar-refractivity contribution < 1.29 is 34.4 Å². The van der Waals surface area contributed by atoms with E-state index in [1.165, 1.54) is 12.1 Å². The van der Waals surface area contributed by atoms with Gasteiger partial charge in [-0.3, -0.25) is 4.79 Å². The quantitative estimate of drug-likeness (QED) is 0.317. The van der Waals surface area contributed by atoms with Crippen molar-refractivity contribution in [3.63, 3.8) is 0 Å². The van der Waals surface area contributed by atoms with Crippen LogP contribution in [0.15, 0.2) is 60.7 Å². The molecule has 0 saturated carbocycles. The molecule has 3 aromatic carbocycles. The standard InChI is InChI=1S/C28H29NO7/c1-2-35-25-14-17(15-30)13-22(27(25)33)26(32)24(31)11-12-29-28(34)36-16-23-20-9-5-3-7-18(20)19-8-4-6-10-21(19)23/h3-10,13-15,23-24,26,31-33H,2,11-12,16H2,1H3,(H,29,34). The Labute approximate surface area is 209 Å². The summed E-state index contributed by atoms with van der Waals surface area (Å²) in [5, 5.41) is 34.0. The van der Waals surface area contributed by atoms with E-state index in [0.717, 1.165) is 22.3 Å². The maximum absolute atomic E-state index is 12.3. The van der Waals surface area contributed by atoms with Crippen LogP contribution in [0.2, 0.25) is 0 Å². The van der Waals surface area contributed by atoms with Crippen LogP contribution in [0, 0.1) is 0 Å². The van der Waals surface area contributed by atoms with Gasteiger partial charge in [-0.2, -0.15) is 0 Å². The van der Waals surface area contributed by atoms with Crippen molar-refractivity contribution in [3.05, 3.63) is 82.9 Å². The molecule has 0 fully saturated rings. The topological polar surface area (TPSA) is 125 Å². The molecule has 36 heavy (non-hydrogen) atoms. The van der Waals surface area contributed by atoms with Crippen LogP contribution in [-0.2, 0) is 4.74 Å². The summed E-state index contributed by atoms with van der Waals surface area (Å²) in [5.41, 5.74) is 4.64. The number of fused-ring (bicyclic) bond motifs is 3. The van der Waals surface area contributed by atoms with Crippen molar-refractivity contribution >= 4 is 12.4 Å². The van der Waals surface area contributed by atoms with Gasteiger partial charge in [-0.1, -0.05) is 48.5 Å². The molecule has 8 heteroatoms. The number of aldehydes is 1. The molecule has 2 unspecified atom stereocenters. The second kappa shape index (κ2) is 11.2. The molecule has 0 bridgehead atoms. The number of hydrogen-bond donors (Lipinski definition) is 4. The Kier molecular flexibility index (Phi) is 7.87. The van der Waals surface area contributed by atoms with E-state index < -0.39 is 18.3 Å². The van der Waals surface area contributed by atoms with E-state index in [2.05, 4.69) is 17.4 Å². The fourth-order valence-electron chi connectivity index (χ4n) is 4.55. The minimum Gasteiger partial charge on any atom is -0.504 e. The van der Waals surface area contributed by atoms with E-state index in [1.54, 1.807) is 6.92 Å². The van der Waals surface area contributed by atoms with Gasteiger partial charge in [0.2, 0.25) is 0 Å². The smallest absolute Gasteiger partial charge is 0.407 e. The first-order valence-electron chi connectivity index (χ1n) is 11.8. The van der Waals surface area contributed by atoms with Gasteiger partial charge >= 0.3 is 6.09 Å². The molecule has 0 aliphatic heterocycles. The predicted molar refractivity (Wildman–Crippen MR) is 133 cm³/mol. The van der Waals surface area contributed by atoms with E-state index in [0.29, 0.717) is 6.29 Å². The van der Waals surface area contributed by atoms with Gasteiger partial charge in [0.25, 0.3) is 0 Å². The Morgan fingerprint density at radius 2 is 1.69 bits per heavy atom. The second-order valence-corrected chi connectivity index (χ2v) is 8.56. The zero-order valence-electron chi connectivity index (χ0n) is 19.9. The molecule has 1 amide bonds. The molecule has 2 atom stereocenters. The molecule has 4 rings (SSSR count). The lowest BCUT2D eigenvalue weighted by molar-refractivity contribution is 0.0121. The molecular formula is C28H29NO7. The minimum atomic E-state index is -1.49. The first-order chi connectivity index (χ1) is 17.4. The first-order valence-corrected chi connectivity index (χ1v) is 11.8. The summed E-state index contributed by atoms with van der Waals surface area (Å²) in [6.45, 7) is 2.16. The van der Waals surface area contributed by atoms with Crippen LogP contribution in [0.1, 0.15) is 52.4 Å².